The van der Waals surface area contributed by atoms with E-state index in [1.165, 1.54) is 0 Å². The highest BCUT2D eigenvalue weighted by Gasteiger charge is 2.18. The van der Waals surface area contributed by atoms with Crippen LogP contribution in [0.4, 0.5) is 0 Å². The fourth-order valence-corrected chi connectivity index (χ4v) is 4.02. The van der Waals surface area contributed by atoms with Crippen molar-refractivity contribution in [2.45, 2.75) is 16.0 Å². The van der Waals surface area contributed by atoms with Gasteiger partial charge in [0.15, 0.2) is 0 Å². The van der Waals surface area contributed by atoms with Crippen molar-refractivity contribution in [3.05, 3.63) is 59.1 Å². The fraction of sp³-hybridized carbons (Fsp3) is 0.0667. The fourth-order valence-electron chi connectivity index (χ4n) is 1.86. The molecule has 3 rings (SSSR count). The number of hydrogen-bond donors (Lipinski definition) is 0. The third-order valence-electron chi connectivity index (χ3n) is 2.98. The van der Waals surface area contributed by atoms with Crippen molar-refractivity contribution >= 4 is 33.9 Å². The van der Waals surface area contributed by atoms with Gasteiger partial charge in [0.2, 0.25) is 0 Å². The van der Waals surface area contributed by atoms with Crippen molar-refractivity contribution < 1.29 is 4.21 Å². The van der Waals surface area contributed by atoms with E-state index in [1.54, 1.807) is 12.1 Å². The van der Waals surface area contributed by atoms with Gasteiger partial charge in [-0.05, 0) is 42.7 Å². The SMILES string of the molecule is Cc1ccc([S@@](=O)c2snnc2-c2ccc(Cl)cc2)cc1. The molecular weight excluding hydrogens is 324 g/mol. The first-order chi connectivity index (χ1) is 10.1. The Morgan fingerprint density at radius 2 is 1.71 bits per heavy atom. The second kappa shape index (κ2) is 6.05. The highest BCUT2D eigenvalue weighted by molar-refractivity contribution is 7.87. The first kappa shape index (κ1) is 14.4. The molecule has 0 aliphatic heterocycles. The molecule has 0 unspecified atom stereocenters. The molecule has 106 valence electrons. The quantitative estimate of drug-likeness (QED) is 0.715. The van der Waals surface area contributed by atoms with E-state index >= 15 is 0 Å². The lowest BCUT2D eigenvalue weighted by Crippen LogP contribution is -1.93. The van der Waals surface area contributed by atoms with Gasteiger partial charge in [-0.2, -0.15) is 0 Å². The highest BCUT2D eigenvalue weighted by Crippen LogP contribution is 2.30. The summed E-state index contributed by atoms with van der Waals surface area (Å²) in [7, 11) is -1.28. The first-order valence-electron chi connectivity index (χ1n) is 6.22. The maximum atomic E-state index is 12.7. The number of benzene rings is 2. The van der Waals surface area contributed by atoms with Crippen molar-refractivity contribution in [1.29, 1.82) is 0 Å². The summed E-state index contributed by atoms with van der Waals surface area (Å²) in [5.74, 6) is 0. The van der Waals surface area contributed by atoms with E-state index in [1.807, 2.05) is 43.3 Å². The first-order valence-corrected chi connectivity index (χ1v) is 8.52. The molecule has 21 heavy (non-hydrogen) atoms. The van der Waals surface area contributed by atoms with Gasteiger partial charge < -0.3 is 0 Å². The van der Waals surface area contributed by atoms with E-state index in [2.05, 4.69) is 9.59 Å². The van der Waals surface area contributed by atoms with Crippen LogP contribution in [0.5, 0.6) is 0 Å². The van der Waals surface area contributed by atoms with Crippen molar-refractivity contribution in [2.75, 3.05) is 0 Å². The molecule has 0 saturated carbocycles. The van der Waals surface area contributed by atoms with Crippen LogP contribution >= 0.6 is 23.1 Å². The van der Waals surface area contributed by atoms with Gasteiger partial charge in [-0.15, -0.1) is 5.10 Å². The van der Waals surface area contributed by atoms with Gasteiger partial charge in [-0.25, -0.2) is 4.21 Å². The predicted molar refractivity (Wildman–Crippen MR) is 86.2 cm³/mol. The average molecular weight is 335 g/mol. The molecule has 3 nitrogen and oxygen atoms in total. The van der Waals surface area contributed by atoms with Gasteiger partial charge in [0, 0.05) is 15.5 Å². The molecule has 0 bridgehead atoms. The minimum atomic E-state index is -1.28. The van der Waals surface area contributed by atoms with Gasteiger partial charge in [-0.3, -0.25) is 0 Å². The number of aromatic nitrogens is 2. The standard InChI is InChI=1S/C15H11ClN2OS2/c1-10-2-8-13(9-3-10)21(19)15-14(17-18-20-15)11-4-6-12(16)7-5-11/h2-9H,1H3/t21-/m1/s1. The summed E-state index contributed by atoms with van der Waals surface area (Å²) in [6, 6.07) is 14.9. The molecular formula is C15H11ClN2OS2. The lowest BCUT2D eigenvalue weighted by Gasteiger charge is -2.03. The average Bonchev–Trinajstić information content (AvgIpc) is 2.97. The van der Waals surface area contributed by atoms with Crippen LogP contribution in [0.15, 0.2) is 57.6 Å². The molecule has 0 spiro atoms. The monoisotopic (exact) mass is 334 g/mol. The molecule has 0 aliphatic carbocycles. The van der Waals surface area contributed by atoms with Crippen LogP contribution < -0.4 is 0 Å². The Morgan fingerprint density at radius 3 is 2.38 bits per heavy atom. The normalized spacial score (nSPS) is 12.3. The molecule has 0 aliphatic rings. The summed E-state index contributed by atoms with van der Waals surface area (Å²) >= 11 is 7.05. The Hall–Kier alpha value is -1.56. The Balaban J connectivity index is 2.00. The summed E-state index contributed by atoms with van der Waals surface area (Å²) < 4.78 is 17.3. The van der Waals surface area contributed by atoms with E-state index < -0.39 is 10.8 Å². The summed E-state index contributed by atoms with van der Waals surface area (Å²) in [6.45, 7) is 2.00. The zero-order valence-corrected chi connectivity index (χ0v) is 13.5. The van der Waals surface area contributed by atoms with Gasteiger partial charge >= 0.3 is 0 Å². The Labute approximate surface area is 134 Å². The Morgan fingerprint density at radius 1 is 1.05 bits per heavy atom. The molecule has 0 saturated heterocycles. The van der Waals surface area contributed by atoms with E-state index in [9.17, 15) is 4.21 Å². The van der Waals surface area contributed by atoms with Gasteiger partial charge in [0.25, 0.3) is 0 Å². The van der Waals surface area contributed by atoms with Crippen LogP contribution in [0, 0.1) is 6.92 Å². The zero-order valence-electron chi connectivity index (χ0n) is 11.1. The lowest BCUT2D eigenvalue weighted by molar-refractivity contribution is 0.684. The van der Waals surface area contributed by atoms with E-state index in [0.717, 1.165) is 27.6 Å². The number of halogens is 1. The van der Waals surface area contributed by atoms with Gasteiger partial charge in [0.1, 0.15) is 9.90 Å². The zero-order chi connectivity index (χ0) is 14.8. The summed E-state index contributed by atoms with van der Waals surface area (Å²) in [4.78, 5) is 0.752. The molecule has 0 amide bonds. The third-order valence-corrected chi connectivity index (χ3v) is 5.66. The smallest absolute Gasteiger partial charge is 0.145 e. The predicted octanol–water partition coefficient (Wildman–Crippen LogP) is 4.33. The lowest BCUT2D eigenvalue weighted by atomic mass is 10.2. The van der Waals surface area contributed by atoms with Crippen LogP contribution in [0.25, 0.3) is 11.3 Å². The van der Waals surface area contributed by atoms with Crippen LogP contribution in [0.2, 0.25) is 5.02 Å². The highest BCUT2D eigenvalue weighted by atomic mass is 35.5. The van der Waals surface area contributed by atoms with Crippen molar-refractivity contribution in [1.82, 2.24) is 9.59 Å². The van der Waals surface area contributed by atoms with Gasteiger partial charge in [0.05, 0.1) is 10.8 Å². The van der Waals surface area contributed by atoms with Crippen molar-refractivity contribution in [3.8, 4) is 11.3 Å². The Kier molecular flexibility index (Phi) is 4.14. The number of rotatable bonds is 3. The largest absolute Gasteiger partial charge is 0.248 e. The van der Waals surface area contributed by atoms with E-state index in [0.29, 0.717) is 14.9 Å². The van der Waals surface area contributed by atoms with E-state index in [4.69, 9.17) is 11.6 Å². The maximum absolute atomic E-state index is 12.7. The van der Waals surface area contributed by atoms with E-state index in [-0.39, 0.29) is 0 Å². The van der Waals surface area contributed by atoms with Crippen LogP contribution in [-0.4, -0.2) is 13.8 Å². The Bertz CT molecular complexity index is 782. The van der Waals surface area contributed by atoms with Crippen molar-refractivity contribution in [2.24, 2.45) is 0 Å². The minimum Gasteiger partial charge on any atom is -0.248 e. The number of aryl methyl sites for hydroxylation is 1. The third kappa shape index (κ3) is 3.05. The molecule has 1 aromatic heterocycles. The van der Waals surface area contributed by atoms with Crippen LogP contribution in [0.1, 0.15) is 5.56 Å². The van der Waals surface area contributed by atoms with Crippen LogP contribution in [-0.2, 0) is 10.8 Å². The second-order valence-corrected chi connectivity index (χ2v) is 7.36. The molecule has 3 aromatic rings. The molecule has 0 radical (unpaired) electrons. The van der Waals surface area contributed by atoms with Crippen LogP contribution in [0.3, 0.4) is 0 Å². The molecule has 2 aromatic carbocycles. The topological polar surface area (TPSA) is 42.9 Å². The van der Waals surface area contributed by atoms with Crippen molar-refractivity contribution in [3.63, 3.8) is 0 Å². The molecule has 0 fully saturated rings. The maximum Gasteiger partial charge on any atom is 0.145 e. The number of nitrogens with zero attached hydrogens (tertiary/aromatic N) is 2. The summed E-state index contributed by atoms with van der Waals surface area (Å²) in [5, 5.41) is 4.77. The summed E-state index contributed by atoms with van der Waals surface area (Å²) in [6.07, 6.45) is 0. The molecule has 1 atom stereocenters. The number of hydrogen-bond acceptors (Lipinski definition) is 4. The molecule has 1 heterocycles. The molecule has 0 N–H and O–H groups in total. The van der Waals surface area contributed by atoms with Gasteiger partial charge in [-0.1, -0.05) is 45.9 Å². The minimum absolute atomic E-state index is 0.649. The molecule has 6 heteroatoms. The second-order valence-electron chi connectivity index (χ2n) is 4.50. The summed E-state index contributed by atoms with van der Waals surface area (Å²) in [5.41, 5.74) is 2.65.